The van der Waals surface area contributed by atoms with Crippen molar-refractivity contribution in [2.75, 3.05) is 19.7 Å². The molecule has 48 heteroatoms. The maximum absolute atomic E-state index is 15.0. The monoisotopic (exact) mass is 1800 g/mol. The third-order valence-corrected chi connectivity index (χ3v) is 19.1. The summed E-state index contributed by atoms with van der Waals surface area (Å²) in [5.41, 5.74) is 12.0. The highest BCUT2D eigenvalue weighted by Gasteiger charge is 2.41. The Morgan fingerprint density at radius 1 is 0.315 bits per heavy atom. The molecule has 0 bridgehead atoms. The maximum atomic E-state index is 15.0. The van der Waals surface area contributed by atoms with Gasteiger partial charge < -0.3 is 142 Å². The molecular weight excluding hydrogens is 1680 g/mol. The number of carboxylic acid groups (broad SMARTS) is 6. The number of phenolic OH excluding ortho intramolecular Hbond substituents is 2. The SMILES string of the molecule is CC(=O)N[C@@H](C)C(=O)N[C@@H](C)C(=O)N[C@@H](CCC(=O)O)C(=O)N[C@@H](CO)C(=O)N[C@@H](CC(=O)O)C(=O)N[C@@H](CCCCN)C(=O)N[C@@H](CC(=O)O)C(=O)N[C@H](C(=O)N[C@@H](CCCCN)C(=O)N[C@@H](Cc1ccc(O)cc1)C(=O)N[C@@H](Cc1ccc(O)cc1)C(=O)N[C@H](C(=O)N[C@@H](CC(C)C)C(=O)N[C@@H](CCC(=O)O)C(=O)N[C@@H](CCC(=O)O)C(=O)O)[C@@H](C)O)C(C)C. The van der Waals surface area contributed by atoms with E-state index in [0.717, 1.165) is 13.8 Å². The predicted octanol–water partition coefficient (Wildman–Crippen LogP) is -6.82. The smallest absolute Gasteiger partial charge is 0.326 e. The third-order valence-electron chi connectivity index (χ3n) is 19.1. The quantitative estimate of drug-likeness (QED) is 0.0274. The Labute approximate surface area is 728 Å². The summed E-state index contributed by atoms with van der Waals surface area (Å²) < 4.78 is 0. The molecule has 0 aliphatic heterocycles. The zero-order valence-electron chi connectivity index (χ0n) is 71.4. The van der Waals surface area contributed by atoms with Gasteiger partial charge in [0.1, 0.15) is 102 Å². The number of carbonyl (C=O) groups excluding carboxylic acids is 15. The number of unbranched alkanes of at least 4 members (excludes halogenated alkanes) is 2. The summed E-state index contributed by atoms with van der Waals surface area (Å²) in [6.45, 7) is 9.42. The molecule has 0 aliphatic rings. The second-order valence-corrected chi connectivity index (χ2v) is 30.7. The predicted molar refractivity (Wildman–Crippen MR) is 441 cm³/mol. The second kappa shape index (κ2) is 55.9. The fourth-order valence-corrected chi connectivity index (χ4v) is 12.2. The molecule has 2 aromatic rings. The molecule has 0 aliphatic carbocycles. The summed E-state index contributed by atoms with van der Waals surface area (Å²) in [4.78, 5) is 280. The van der Waals surface area contributed by atoms with Crippen LogP contribution >= 0.6 is 0 Å². The minimum Gasteiger partial charge on any atom is -0.508 e. The van der Waals surface area contributed by atoms with Crippen molar-refractivity contribution >= 4 is 124 Å². The zero-order valence-corrected chi connectivity index (χ0v) is 71.4. The summed E-state index contributed by atoms with van der Waals surface area (Å²) in [6.07, 6.45) is -9.86. The molecule has 29 N–H and O–H groups in total. The van der Waals surface area contributed by atoms with Crippen LogP contribution in [0.15, 0.2) is 48.5 Å². The Morgan fingerprint density at radius 3 is 0.976 bits per heavy atom. The molecule has 0 radical (unpaired) electrons. The molecule has 127 heavy (non-hydrogen) atoms. The number of carboxylic acids is 6. The molecule has 0 saturated heterocycles. The standard InChI is InChI=1S/C79H119N17O31/c1-37(2)31-52(71(118)86-50(24-27-59(104)105)69(116)88-51(79(126)127)25-28-60(106)107)93-78(125)64(41(7)98)96-74(121)54(33-44-17-21-46(101)22-18-44)90-72(119)53(32-43-15-19-45(100)20-16-43)89-68(115)48(14-10-12-30-81)87-77(124)63(38(3)4)95-75(122)56(35-62(110)111)91-67(114)47(13-9-11-29-80)85-73(120)55(34-61(108)109)92-76(123)57(36-97)94-70(117)49(23-26-58(102)103)84-66(113)40(6)83-65(112)39(5)82-42(8)99/h15-22,37-41,47-57,63-64,97-98,100-101H,9-14,23-36,80-81H2,1-8H3,(H,82,99)(H,83,112)(H,84,113)(H,85,120)(H,86,118)(H,87,124)(H,88,116)(H,89,115)(H,90,119)(H,91,114)(H,92,123)(H,93,125)(H,94,117)(H,95,122)(H,96,121)(H,102,103)(H,104,105)(H,106,107)(H,108,109)(H,110,111)(H,126,127)/t39-,40-,41+,47-,48-,49-,50-,51-,52-,53-,54-,55-,56-,57-,63-,64-/m0/s1. The largest absolute Gasteiger partial charge is 0.508 e. The molecule has 0 heterocycles. The van der Waals surface area contributed by atoms with Crippen LogP contribution in [0.4, 0.5) is 0 Å². The lowest BCUT2D eigenvalue weighted by molar-refractivity contribution is -0.144. The third kappa shape index (κ3) is 41.9. The Morgan fingerprint density at radius 2 is 0.606 bits per heavy atom. The first kappa shape index (κ1) is 110. The molecule has 48 nitrogen and oxygen atoms in total. The minimum atomic E-state index is -2.18. The molecule has 15 amide bonds. The van der Waals surface area contributed by atoms with E-state index in [4.69, 9.17) is 16.6 Å². The van der Waals surface area contributed by atoms with E-state index in [2.05, 4.69) is 74.4 Å². The van der Waals surface area contributed by atoms with Crippen LogP contribution in [-0.2, 0) is 114 Å². The summed E-state index contributed by atoms with van der Waals surface area (Å²) in [6, 6.07) is -16.5. The molecule has 0 saturated carbocycles. The number of carbonyl (C=O) groups is 21. The normalized spacial score (nSPS) is 14.9. The number of hydrogen-bond donors (Lipinski definition) is 27. The van der Waals surface area contributed by atoms with Crippen LogP contribution in [0, 0.1) is 11.8 Å². The second-order valence-electron chi connectivity index (χ2n) is 30.7. The van der Waals surface area contributed by atoms with E-state index in [1.807, 2.05) is 5.32 Å². The van der Waals surface area contributed by atoms with Gasteiger partial charge in [-0.15, -0.1) is 0 Å². The number of aromatic hydroxyl groups is 2. The number of aliphatic hydroxyl groups excluding tert-OH is 2. The van der Waals surface area contributed by atoms with Crippen LogP contribution in [0.25, 0.3) is 0 Å². The molecule has 0 fully saturated rings. The molecular formula is C79H119N17O31. The molecule has 0 unspecified atom stereocenters. The van der Waals surface area contributed by atoms with Gasteiger partial charge in [-0.05, 0) is 145 Å². The molecule has 2 rings (SSSR count). The number of aliphatic carboxylic acids is 6. The summed E-state index contributed by atoms with van der Waals surface area (Å²) in [5.74, 6) is -29.0. The topological polar surface area (TPSA) is 793 Å². The van der Waals surface area contributed by atoms with Crippen LogP contribution in [0.5, 0.6) is 11.5 Å². The van der Waals surface area contributed by atoms with E-state index in [1.54, 1.807) is 13.8 Å². The maximum Gasteiger partial charge on any atom is 0.326 e. The number of hydrogen-bond acceptors (Lipinski definition) is 27. The number of amides is 15. The molecule has 2 aromatic carbocycles. The highest BCUT2D eigenvalue weighted by Crippen LogP contribution is 2.18. The van der Waals surface area contributed by atoms with Gasteiger partial charge >= 0.3 is 35.8 Å². The first-order valence-corrected chi connectivity index (χ1v) is 40.6. The van der Waals surface area contributed by atoms with Crippen molar-refractivity contribution in [3.05, 3.63) is 59.7 Å². The van der Waals surface area contributed by atoms with Crippen molar-refractivity contribution < 1.29 is 152 Å². The lowest BCUT2D eigenvalue weighted by atomic mass is 9.99. The van der Waals surface area contributed by atoms with Gasteiger partial charge in [0.05, 0.1) is 25.6 Å². The molecule has 0 aromatic heterocycles. The number of rotatable bonds is 60. The number of nitrogens with two attached hydrogens (primary N) is 2. The molecule has 16 atom stereocenters. The Hall–Kier alpha value is -13.2. The number of phenols is 2. The van der Waals surface area contributed by atoms with Gasteiger partial charge in [-0.1, -0.05) is 52.0 Å². The minimum absolute atomic E-state index is 0.00277. The van der Waals surface area contributed by atoms with Crippen LogP contribution in [-0.4, -0.2) is 292 Å². The number of aliphatic hydroxyl groups is 2. The van der Waals surface area contributed by atoms with Crippen LogP contribution in [0.1, 0.15) is 163 Å². The summed E-state index contributed by atoms with van der Waals surface area (Å²) in [7, 11) is 0. The van der Waals surface area contributed by atoms with Crippen molar-refractivity contribution in [3.8, 4) is 11.5 Å². The van der Waals surface area contributed by atoms with Crippen LogP contribution in [0.2, 0.25) is 0 Å². The highest BCUT2D eigenvalue weighted by molar-refractivity contribution is 6.02. The van der Waals surface area contributed by atoms with Gasteiger partial charge in [0.15, 0.2) is 0 Å². The van der Waals surface area contributed by atoms with Gasteiger partial charge in [-0.25, -0.2) is 4.79 Å². The molecule has 0 spiro atoms. The lowest BCUT2D eigenvalue weighted by Crippen LogP contribution is -2.62. The fraction of sp³-hybridized carbons (Fsp3) is 0.582. The van der Waals surface area contributed by atoms with E-state index >= 15 is 4.79 Å². The number of nitrogens with one attached hydrogen (secondary N) is 15. The van der Waals surface area contributed by atoms with E-state index < -0.39 is 304 Å². The van der Waals surface area contributed by atoms with Gasteiger partial charge in [0.2, 0.25) is 88.6 Å². The lowest BCUT2D eigenvalue weighted by Gasteiger charge is -2.30. The van der Waals surface area contributed by atoms with Crippen molar-refractivity contribution in [1.29, 1.82) is 0 Å². The van der Waals surface area contributed by atoms with Gasteiger partial charge in [0, 0.05) is 39.0 Å². The Balaban J connectivity index is 2.64. The van der Waals surface area contributed by atoms with Crippen molar-refractivity contribution in [3.63, 3.8) is 0 Å². The Kier molecular flexibility index (Phi) is 48.3. The average Bonchev–Trinajstić information content (AvgIpc) is 0.856. The average molecular weight is 1800 g/mol. The molecule has 706 valence electrons. The first-order chi connectivity index (χ1) is 59.5. The fourth-order valence-electron chi connectivity index (χ4n) is 12.2. The van der Waals surface area contributed by atoms with E-state index in [-0.39, 0.29) is 80.7 Å². The highest BCUT2D eigenvalue weighted by atomic mass is 16.4. The van der Waals surface area contributed by atoms with E-state index in [9.17, 15) is 142 Å². The zero-order chi connectivity index (χ0) is 96.2. The number of benzene rings is 2. The van der Waals surface area contributed by atoms with Crippen LogP contribution < -0.4 is 91.2 Å². The van der Waals surface area contributed by atoms with Crippen molar-refractivity contribution in [1.82, 2.24) is 79.8 Å². The van der Waals surface area contributed by atoms with Gasteiger partial charge in [0.25, 0.3) is 0 Å². The summed E-state index contributed by atoms with van der Waals surface area (Å²) in [5, 5.41) is 134. The van der Waals surface area contributed by atoms with Crippen molar-refractivity contribution in [2.45, 2.75) is 261 Å². The summed E-state index contributed by atoms with van der Waals surface area (Å²) >= 11 is 0. The van der Waals surface area contributed by atoms with E-state index in [0.29, 0.717) is 0 Å². The van der Waals surface area contributed by atoms with Gasteiger partial charge in [-0.3, -0.25) is 95.9 Å². The van der Waals surface area contributed by atoms with Crippen LogP contribution in [0.3, 0.4) is 0 Å². The van der Waals surface area contributed by atoms with Crippen molar-refractivity contribution in [2.24, 2.45) is 23.3 Å². The Bertz CT molecular complexity index is 4150. The first-order valence-electron chi connectivity index (χ1n) is 40.6. The van der Waals surface area contributed by atoms with Gasteiger partial charge in [-0.2, -0.15) is 0 Å². The van der Waals surface area contributed by atoms with E-state index in [1.165, 1.54) is 76.2 Å².